The summed E-state index contributed by atoms with van der Waals surface area (Å²) < 4.78 is 26.7. The summed E-state index contributed by atoms with van der Waals surface area (Å²) in [4.78, 5) is 14.4. The number of carbonyl (C=O) groups is 1. The first-order chi connectivity index (χ1) is 12.0. The molecule has 0 amide bonds. The van der Waals surface area contributed by atoms with Crippen LogP contribution in [0.3, 0.4) is 0 Å². The van der Waals surface area contributed by atoms with Crippen LogP contribution in [-0.4, -0.2) is 30.1 Å². The molecule has 130 valence electrons. The SMILES string of the molecule is O=C(/C=C/c1cc(F)ccc1F)c1ccc(N2CCC(O)CC2)cc1. The van der Waals surface area contributed by atoms with E-state index >= 15 is 0 Å². The Morgan fingerprint density at radius 2 is 1.76 bits per heavy atom. The molecule has 1 N–H and O–H groups in total. The molecule has 0 radical (unpaired) electrons. The minimum Gasteiger partial charge on any atom is -0.393 e. The summed E-state index contributed by atoms with van der Waals surface area (Å²) in [6, 6.07) is 10.3. The zero-order valence-electron chi connectivity index (χ0n) is 13.7. The van der Waals surface area contributed by atoms with Gasteiger partial charge in [-0.2, -0.15) is 0 Å². The first-order valence-electron chi connectivity index (χ1n) is 8.23. The molecule has 0 atom stereocenters. The third-order valence-corrected chi connectivity index (χ3v) is 4.35. The summed E-state index contributed by atoms with van der Waals surface area (Å²) in [5.41, 5.74) is 1.52. The Kier molecular flexibility index (Phi) is 5.24. The lowest BCUT2D eigenvalue weighted by molar-refractivity contribution is 0.104. The number of hydrogen-bond donors (Lipinski definition) is 1. The van der Waals surface area contributed by atoms with Crippen LogP contribution in [-0.2, 0) is 0 Å². The van der Waals surface area contributed by atoms with Crippen LogP contribution in [0.1, 0.15) is 28.8 Å². The van der Waals surface area contributed by atoms with E-state index in [1.807, 2.05) is 12.1 Å². The summed E-state index contributed by atoms with van der Waals surface area (Å²) in [6.45, 7) is 1.57. The summed E-state index contributed by atoms with van der Waals surface area (Å²) in [5.74, 6) is -1.40. The van der Waals surface area contributed by atoms with Crippen molar-refractivity contribution in [2.75, 3.05) is 18.0 Å². The van der Waals surface area contributed by atoms with Crippen LogP contribution in [0.25, 0.3) is 6.08 Å². The number of nitrogens with zero attached hydrogens (tertiary/aromatic N) is 1. The van der Waals surface area contributed by atoms with Gasteiger partial charge in [-0.25, -0.2) is 8.78 Å². The van der Waals surface area contributed by atoms with Gasteiger partial charge in [-0.15, -0.1) is 0 Å². The average Bonchev–Trinajstić information content (AvgIpc) is 2.63. The second kappa shape index (κ2) is 7.57. The predicted molar refractivity (Wildman–Crippen MR) is 93.6 cm³/mol. The van der Waals surface area contributed by atoms with Gasteiger partial charge in [0.15, 0.2) is 5.78 Å². The number of halogens is 2. The summed E-state index contributed by atoms with van der Waals surface area (Å²) >= 11 is 0. The van der Waals surface area contributed by atoms with Crippen molar-refractivity contribution >= 4 is 17.5 Å². The minimum atomic E-state index is -0.576. The molecular formula is C20H19F2NO2. The van der Waals surface area contributed by atoms with Crippen LogP contribution in [0.4, 0.5) is 14.5 Å². The summed E-state index contributed by atoms with van der Waals surface area (Å²) in [7, 11) is 0. The third kappa shape index (κ3) is 4.31. The van der Waals surface area contributed by atoms with E-state index in [4.69, 9.17) is 0 Å². The lowest BCUT2D eigenvalue weighted by atomic mass is 10.1. The van der Waals surface area contributed by atoms with Gasteiger partial charge in [0.05, 0.1) is 6.10 Å². The molecule has 1 fully saturated rings. The highest BCUT2D eigenvalue weighted by atomic mass is 19.1. The van der Waals surface area contributed by atoms with Crippen LogP contribution in [0.15, 0.2) is 48.5 Å². The van der Waals surface area contributed by atoms with Crippen LogP contribution in [0.5, 0.6) is 0 Å². The van der Waals surface area contributed by atoms with E-state index < -0.39 is 11.6 Å². The van der Waals surface area contributed by atoms with Crippen molar-refractivity contribution in [1.82, 2.24) is 0 Å². The van der Waals surface area contributed by atoms with Crippen molar-refractivity contribution in [2.45, 2.75) is 18.9 Å². The summed E-state index contributed by atoms with van der Waals surface area (Å²) in [5, 5.41) is 9.55. The van der Waals surface area contributed by atoms with E-state index in [0.717, 1.165) is 49.8 Å². The number of hydrogen-bond acceptors (Lipinski definition) is 3. The fourth-order valence-electron chi connectivity index (χ4n) is 2.86. The second-order valence-corrected chi connectivity index (χ2v) is 6.13. The van der Waals surface area contributed by atoms with Crippen molar-refractivity contribution in [3.63, 3.8) is 0 Å². The molecule has 1 saturated heterocycles. The fraction of sp³-hybridized carbons (Fsp3) is 0.250. The predicted octanol–water partition coefficient (Wildman–Crippen LogP) is 3.82. The Labute approximate surface area is 145 Å². The van der Waals surface area contributed by atoms with Crippen LogP contribution in [0.2, 0.25) is 0 Å². The van der Waals surface area contributed by atoms with Gasteiger partial charge in [0, 0.05) is 29.9 Å². The van der Waals surface area contributed by atoms with Crippen LogP contribution < -0.4 is 4.90 Å². The van der Waals surface area contributed by atoms with Gasteiger partial charge < -0.3 is 10.0 Å². The molecule has 2 aromatic carbocycles. The molecule has 0 saturated carbocycles. The lowest BCUT2D eigenvalue weighted by Gasteiger charge is -2.31. The smallest absolute Gasteiger partial charge is 0.185 e. The average molecular weight is 343 g/mol. The molecule has 3 nitrogen and oxygen atoms in total. The standard InChI is InChI=1S/C20H19F2NO2/c21-16-4-7-19(22)15(13-16)3-8-20(25)14-1-5-17(6-2-14)23-11-9-18(24)10-12-23/h1-8,13,18,24H,9-12H2/b8-3+. The zero-order valence-corrected chi connectivity index (χ0v) is 13.7. The topological polar surface area (TPSA) is 40.5 Å². The van der Waals surface area contributed by atoms with E-state index in [9.17, 15) is 18.7 Å². The van der Waals surface area contributed by atoms with E-state index in [-0.39, 0.29) is 17.5 Å². The molecule has 1 aliphatic rings. The van der Waals surface area contributed by atoms with Crippen molar-refractivity contribution in [2.24, 2.45) is 0 Å². The molecule has 25 heavy (non-hydrogen) atoms. The molecular weight excluding hydrogens is 324 g/mol. The number of benzene rings is 2. The second-order valence-electron chi connectivity index (χ2n) is 6.13. The Hall–Kier alpha value is -2.53. The third-order valence-electron chi connectivity index (χ3n) is 4.35. The number of carbonyl (C=O) groups excluding carboxylic acids is 1. The maximum atomic E-state index is 13.6. The Balaban J connectivity index is 1.68. The normalized spacial score (nSPS) is 15.7. The molecule has 0 spiro atoms. The maximum Gasteiger partial charge on any atom is 0.185 e. The zero-order chi connectivity index (χ0) is 17.8. The van der Waals surface area contributed by atoms with E-state index in [1.165, 1.54) is 12.2 Å². The molecule has 1 aliphatic heterocycles. The highest BCUT2D eigenvalue weighted by Gasteiger charge is 2.17. The van der Waals surface area contributed by atoms with Crippen LogP contribution >= 0.6 is 0 Å². The Morgan fingerprint density at radius 1 is 1.08 bits per heavy atom. The van der Waals surface area contributed by atoms with Gasteiger partial charge in [-0.1, -0.05) is 0 Å². The number of aliphatic hydroxyl groups is 1. The number of piperidine rings is 1. The molecule has 0 unspecified atom stereocenters. The molecule has 0 aliphatic carbocycles. The van der Waals surface area contributed by atoms with Gasteiger partial charge >= 0.3 is 0 Å². The first-order valence-corrected chi connectivity index (χ1v) is 8.23. The monoisotopic (exact) mass is 343 g/mol. The number of anilines is 1. The maximum absolute atomic E-state index is 13.6. The summed E-state index contributed by atoms with van der Waals surface area (Å²) in [6.07, 6.45) is 3.77. The largest absolute Gasteiger partial charge is 0.393 e. The Bertz CT molecular complexity index is 779. The molecule has 5 heteroatoms. The molecule has 0 aromatic heterocycles. The highest BCUT2D eigenvalue weighted by molar-refractivity contribution is 6.07. The number of allylic oxidation sites excluding steroid dienone is 1. The molecule has 1 heterocycles. The number of rotatable bonds is 4. The van der Waals surface area contributed by atoms with Crippen molar-refractivity contribution < 1.29 is 18.7 Å². The Morgan fingerprint density at radius 3 is 2.44 bits per heavy atom. The lowest BCUT2D eigenvalue weighted by Crippen LogP contribution is -2.35. The van der Waals surface area contributed by atoms with Gasteiger partial charge in [0.25, 0.3) is 0 Å². The van der Waals surface area contributed by atoms with Crippen molar-refractivity contribution in [1.29, 1.82) is 0 Å². The fourth-order valence-corrected chi connectivity index (χ4v) is 2.86. The highest BCUT2D eigenvalue weighted by Crippen LogP contribution is 2.21. The quantitative estimate of drug-likeness (QED) is 0.678. The number of ketones is 1. The van der Waals surface area contributed by atoms with E-state index in [0.29, 0.717) is 5.56 Å². The number of aliphatic hydroxyl groups excluding tert-OH is 1. The van der Waals surface area contributed by atoms with Crippen molar-refractivity contribution in [3.05, 3.63) is 71.3 Å². The van der Waals surface area contributed by atoms with Gasteiger partial charge in [0.1, 0.15) is 11.6 Å². The van der Waals surface area contributed by atoms with Crippen molar-refractivity contribution in [3.8, 4) is 0 Å². The van der Waals surface area contributed by atoms with Gasteiger partial charge in [-0.3, -0.25) is 4.79 Å². The molecule has 0 bridgehead atoms. The van der Waals surface area contributed by atoms with E-state index in [1.54, 1.807) is 12.1 Å². The molecule has 2 aromatic rings. The van der Waals surface area contributed by atoms with Crippen LogP contribution in [0, 0.1) is 11.6 Å². The minimum absolute atomic E-state index is 0.0387. The molecule has 3 rings (SSSR count). The van der Waals surface area contributed by atoms with Gasteiger partial charge in [-0.05, 0) is 67.5 Å². The first kappa shape index (κ1) is 17.3. The van der Waals surface area contributed by atoms with E-state index in [2.05, 4.69) is 4.90 Å². The van der Waals surface area contributed by atoms with Gasteiger partial charge in [0.2, 0.25) is 0 Å².